The third-order valence-corrected chi connectivity index (χ3v) is 9.46. The van der Waals surface area contributed by atoms with Gasteiger partial charge in [-0.3, -0.25) is 4.79 Å². The molecule has 0 amide bonds. The van der Waals surface area contributed by atoms with Crippen LogP contribution >= 0.6 is 0 Å². The quantitative estimate of drug-likeness (QED) is 0.811. The van der Waals surface area contributed by atoms with E-state index in [2.05, 4.69) is 6.92 Å². The molecule has 4 nitrogen and oxygen atoms in total. The molecule has 4 fully saturated rings. The molecule has 4 aliphatic rings. The Morgan fingerprint density at radius 2 is 1.88 bits per heavy atom. The fraction of sp³-hybridized carbons (Fsp3) is 0.952. The summed E-state index contributed by atoms with van der Waals surface area (Å²) in [6.45, 7) is 4.52. The second kappa shape index (κ2) is 5.45. The van der Waals surface area contributed by atoms with Gasteiger partial charge in [0.05, 0.1) is 17.6 Å². The van der Waals surface area contributed by atoms with Crippen molar-refractivity contribution in [3.8, 4) is 0 Å². The maximum Gasteiger partial charge on any atom is 0.309 e. The van der Waals surface area contributed by atoms with Crippen LogP contribution in [-0.2, 0) is 9.53 Å². The van der Waals surface area contributed by atoms with Gasteiger partial charge in [-0.2, -0.15) is 0 Å². The molecule has 2 bridgehead atoms. The van der Waals surface area contributed by atoms with Gasteiger partial charge in [0.15, 0.2) is 0 Å². The second-order valence-electron chi connectivity index (χ2n) is 10.2. The maximum absolute atomic E-state index is 12.1. The van der Waals surface area contributed by atoms with E-state index in [-0.39, 0.29) is 29.0 Å². The number of methoxy groups -OCH3 is 1. The zero-order chi connectivity index (χ0) is 18.1. The van der Waals surface area contributed by atoms with E-state index in [9.17, 15) is 15.0 Å². The molecular weight excluding hydrogens is 316 g/mol. The predicted octanol–water partition coefficient (Wildman–Crippen LogP) is 3.86. The lowest BCUT2D eigenvalue weighted by Gasteiger charge is -2.63. The van der Waals surface area contributed by atoms with Crippen LogP contribution in [0.5, 0.6) is 0 Å². The zero-order valence-corrected chi connectivity index (χ0v) is 16.0. The topological polar surface area (TPSA) is 66.8 Å². The van der Waals surface area contributed by atoms with Crippen molar-refractivity contribution in [2.75, 3.05) is 13.7 Å². The summed E-state index contributed by atoms with van der Waals surface area (Å²) in [5.74, 6) is 0.733. The molecular formula is C21H34O4. The summed E-state index contributed by atoms with van der Waals surface area (Å²) in [5, 5.41) is 20.1. The third kappa shape index (κ3) is 2.10. The SMILES string of the molecule is CO[C@]1(CO)CC23CCC4[C@@](C)(CCC[C@@]4(C)C(=O)O)C2CCC1C3. The molecule has 2 N–H and O–H groups in total. The van der Waals surface area contributed by atoms with Gasteiger partial charge in [0.2, 0.25) is 0 Å². The van der Waals surface area contributed by atoms with Crippen LogP contribution in [0, 0.1) is 34.0 Å². The van der Waals surface area contributed by atoms with E-state index in [1.807, 2.05) is 6.92 Å². The molecule has 4 rings (SSSR count). The van der Waals surface area contributed by atoms with Crippen molar-refractivity contribution in [3.63, 3.8) is 0 Å². The molecule has 4 unspecified atom stereocenters. The van der Waals surface area contributed by atoms with E-state index in [1.165, 1.54) is 6.42 Å². The number of hydrogen-bond acceptors (Lipinski definition) is 3. The van der Waals surface area contributed by atoms with E-state index in [0.717, 1.165) is 51.4 Å². The molecule has 0 radical (unpaired) electrons. The van der Waals surface area contributed by atoms with E-state index in [0.29, 0.717) is 11.8 Å². The highest BCUT2D eigenvalue weighted by Gasteiger charge is 2.68. The molecule has 4 saturated carbocycles. The Kier molecular flexibility index (Phi) is 3.88. The van der Waals surface area contributed by atoms with Crippen LogP contribution in [0.3, 0.4) is 0 Å². The normalized spacial score (nSPS) is 54.6. The number of aliphatic carboxylic acids is 1. The van der Waals surface area contributed by atoms with E-state index in [4.69, 9.17) is 4.74 Å². The molecule has 4 aliphatic carbocycles. The molecule has 142 valence electrons. The Labute approximate surface area is 151 Å². The van der Waals surface area contributed by atoms with Gasteiger partial charge in [-0.05, 0) is 86.9 Å². The van der Waals surface area contributed by atoms with Crippen LogP contribution < -0.4 is 0 Å². The van der Waals surface area contributed by atoms with Gasteiger partial charge in [0.25, 0.3) is 0 Å². The Balaban J connectivity index is 1.72. The number of aliphatic hydroxyl groups is 1. The highest BCUT2D eigenvalue weighted by Crippen LogP contribution is 2.73. The summed E-state index contributed by atoms with van der Waals surface area (Å²) < 4.78 is 5.91. The van der Waals surface area contributed by atoms with Crippen molar-refractivity contribution in [2.24, 2.45) is 34.0 Å². The van der Waals surface area contributed by atoms with E-state index < -0.39 is 11.4 Å². The van der Waals surface area contributed by atoms with Crippen molar-refractivity contribution in [2.45, 2.75) is 77.2 Å². The number of rotatable bonds is 3. The van der Waals surface area contributed by atoms with Crippen LogP contribution in [0.15, 0.2) is 0 Å². The highest BCUT2D eigenvalue weighted by atomic mass is 16.5. The fourth-order valence-electron chi connectivity index (χ4n) is 8.34. The number of ether oxygens (including phenoxy) is 1. The average molecular weight is 350 g/mol. The Hall–Kier alpha value is -0.610. The smallest absolute Gasteiger partial charge is 0.309 e. The molecule has 0 aliphatic heterocycles. The number of carboxylic acid groups (broad SMARTS) is 1. The fourth-order valence-corrected chi connectivity index (χ4v) is 8.34. The Morgan fingerprint density at radius 3 is 2.52 bits per heavy atom. The molecule has 4 heteroatoms. The summed E-state index contributed by atoms with van der Waals surface area (Å²) in [4.78, 5) is 12.1. The van der Waals surface area contributed by atoms with Gasteiger partial charge in [-0.25, -0.2) is 0 Å². The van der Waals surface area contributed by atoms with Crippen LogP contribution in [-0.4, -0.2) is 35.5 Å². The van der Waals surface area contributed by atoms with E-state index in [1.54, 1.807) is 7.11 Å². The Bertz CT molecular complexity index is 570. The van der Waals surface area contributed by atoms with Gasteiger partial charge in [0.1, 0.15) is 0 Å². The molecule has 25 heavy (non-hydrogen) atoms. The van der Waals surface area contributed by atoms with Crippen molar-refractivity contribution in [1.82, 2.24) is 0 Å². The number of fused-ring (bicyclic) bond motifs is 3. The zero-order valence-electron chi connectivity index (χ0n) is 16.0. The first-order chi connectivity index (χ1) is 11.8. The first-order valence-corrected chi connectivity index (χ1v) is 10.2. The molecule has 0 saturated heterocycles. The lowest BCUT2D eigenvalue weighted by atomic mass is 9.41. The minimum atomic E-state index is -0.596. The minimum absolute atomic E-state index is 0.119. The maximum atomic E-state index is 12.1. The van der Waals surface area contributed by atoms with Crippen molar-refractivity contribution < 1.29 is 19.7 Å². The monoisotopic (exact) mass is 350 g/mol. The van der Waals surface area contributed by atoms with Gasteiger partial charge in [-0.15, -0.1) is 0 Å². The summed E-state index contributed by atoms with van der Waals surface area (Å²) in [6, 6.07) is 0. The standard InChI is InChI=1S/C21H34O4/c1-18-8-4-9-19(2,17(23)24)15(18)7-10-20-11-14(5-6-16(18)20)21(12-20,13-22)25-3/h14-16,22H,4-13H2,1-3H3,(H,23,24)/t14?,15?,16?,18-,19-,20?,21+/m1/s1. The second-order valence-corrected chi connectivity index (χ2v) is 10.2. The summed E-state index contributed by atoms with van der Waals surface area (Å²) in [6.07, 6.45) is 9.58. The molecule has 7 atom stereocenters. The molecule has 0 aromatic rings. The number of carboxylic acids is 1. The number of aliphatic hydroxyl groups excluding tert-OH is 1. The van der Waals surface area contributed by atoms with Gasteiger partial charge < -0.3 is 14.9 Å². The van der Waals surface area contributed by atoms with Gasteiger partial charge >= 0.3 is 5.97 Å². The minimum Gasteiger partial charge on any atom is -0.481 e. The van der Waals surface area contributed by atoms with Crippen LogP contribution in [0.4, 0.5) is 0 Å². The first-order valence-electron chi connectivity index (χ1n) is 10.2. The largest absolute Gasteiger partial charge is 0.481 e. The summed E-state index contributed by atoms with van der Waals surface area (Å²) in [7, 11) is 1.76. The number of carbonyl (C=O) groups is 1. The van der Waals surface area contributed by atoms with Gasteiger partial charge in [0, 0.05) is 7.11 Å². The van der Waals surface area contributed by atoms with Crippen molar-refractivity contribution >= 4 is 5.97 Å². The molecule has 1 spiro atoms. The lowest BCUT2D eigenvalue weighted by Crippen LogP contribution is -2.58. The number of hydrogen-bond donors (Lipinski definition) is 2. The molecule has 0 aromatic heterocycles. The summed E-state index contributed by atoms with van der Waals surface area (Å²) >= 11 is 0. The summed E-state index contributed by atoms with van der Waals surface area (Å²) in [5.41, 5.74) is -0.556. The van der Waals surface area contributed by atoms with E-state index >= 15 is 0 Å². The Morgan fingerprint density at radius 1 is 1.12 bits per heavy atom. The van der Waals surface area contributed by atoms with Crippen LogP contribution in [0.2, 0.25) is 0 Å². The van der Waals surface area contributed by atoms with Crippen LogP contribution in [0.25, 0.3) is 0 Å². The van der Waals surface area contributed by atoms with Crippen LogP contribution in [0.1, 0.15) is 71.6 Å². The first kappa shape index (κ1) is 17.8. The molecule has 0 aromatic carbocycles. The van der Waals surface area contributed by atoms with Crippen molar-refractivity contribution in [1.29, 1.82) is 0 Å². The van der Waals surface area contributed by atoms with Gasteiger partial charge in [-0.1, -0.05) is 13.3 Å². The third-order valence-electron chi connectivity index (χ3n) is 9.46. The lowest BCUT2D eigenvalue weighted by molar-refractivity contribution is -0.181. The molecule has 0 heterocycles. The van der Waals surface area contributed by atoms with Crippen molar-refractivity contribution in [3.05, 3.63) is 0 Å². The predicted molar refractivity (Wildman–Crippen MR) is 95.1 cm³/mol. The average Bonchev–Trinajstić information content (AvgIpc) is 2.81. The highest BCUT2D eigenvalue weighted by molar-refractivity contribution is 5.75.